The van der Waals surface area contributed by atoms with Gasteiger partial charge in [-0.25, -0.2) is 0 Å². The summed E-state index contributed by atoms with van der Waals surface area (Å²) in [5.41, 5.74) is 1.26. The Morgan fingerprint density at radius 2 is 1.75 bits per heavy atom. The van der Waals surface area contributed by atoms with Crippen molar-refractivity contribution in [2.24, 2.45) is 0 Å². The summed E-state index contributed by atoms with van der Waals surface area (Å²) >= 11 is 6.00. The largest absolute Gasteiger partial charge is 0.507 e. The highest BCUT2D eigenvalue weighted by Crippen LogP contribution is 2.39. The fourth-order valence-corrected chi connectivity index (χ4v) is 3.37. The molecule has 1 atom stereocenters. The Balaban J connectivity index is 2.07. The summed E-state index contributed by atoms with van der Waals surface area (Å²) in [7, 11) is 0. The molecule has 0 radical (unpaired) electrons. The van der Waals surface area contributed by atoms with Crippen molar-refractivity contribution in [3.05, 3.63) is 76.3 Å². The molecule has 1 heterocycles. The Hall–Kier alpha value is -2.63. The number of ether oxygens (including phenoxy) is 1. The molecule has 1 N–H and O–H groups in total. The predicted octanol–water partition coefficient (Wildman–Crippen LogP) is 4.19. The summed E-state index contributed by atoms with van der Waals surface area (Å²) in [6.45, 7) is 4.34. The maximum atomic E-state index is 12.8. The number of Topliss-reactive ketones (excluding diaryl/α,β-unsaturated/α-hetero) is 1. The van der Waals surface area contributed by atoms with Gasteiger partial charge in [0, 0.05) is 17.1 Å². The Labute approximate surface area is 169 Å². The number of aliphatic hydroxyl groups is 1. The third-order valence-corrected chi connectivity index (χ3v) is 4.81. The molecule has 0 saturated carbocycles. The van der Waals surface area contributed by atoms with Gasteiger partial charge in [0.2, 0.25) is 0 Å². The summed E-state index contributed by atoms with van der Waals surface area (Å²) in [6.07, 6.45) is 0.00937. The number of halogens is 1. The number of ketones is 1. The lowest BCUT2D eigenvalue weighted by atomic mass is 9.95. The second-order valence-electron chi connectivity index (χ2n) is 6.83. The zero-order valence-corrected chi connectivity index (χ0v) is 16.5. The molecule has 0 bridgehead atoms. The maximum Gasteiger partial charge on any atom is 0.295 e. The van der Waals surface area contributed by atoms with Crippen LogP contribution in [0.3, 0.4) is 0 Å². The first-order valence-corrected chi connectivity index (χ1v) is 9.49. The molecule has 2 aromatic rings. The number of aliphatic hydroxyl groups excluding tert-OH is 1. The Kier molecular flexibility index (Phi) is 6.17. The van der Waals surface area contributed by atoms with Crippen molar-refractivity contribution in [1.82, 2.24) is 4.90 Å². The van der Waals surface area contributed by atoms with Crippen molar-refractivity contribution < 1.29 is 19.4 Å². The number of rotatable bonds is 6. The Morgan fingerprint density at radius 1 is 1.11 bits per heavy atom. The van der Waals surface area contributed by atoms with Crippen LogP contribution in [0.4, 0.5) is 0 Å². The van der Waals surface area contributed by atoms with Gasteiger partial charge in [-0.15, -0.1) is 0 Å². The van der Waals surface area contributed by atoms with Gasteiger partial charge in [0.15, 0.2) is 0 Å². The smallest absolute Gasteiger partial charge is 0.295 e. The standard InChI is InChI=1S/C22H22ClNO4/c1-14(2)28-13-12-24-19(15-8-10-17(23)11-9-15)18(21(26)22(24)27)20(25)16-6-4-3-5-7-16/h3-11,14,19,25H,12-13H2,1-2H3/b20-18-. The molecule has 3 rings (SSSR count). The van der Waals surface area contributed by atoms with Crippen LogP contribution in [0, 0.1) is 0 Å². The van der Waals surface area contributed by atoms with E-state index in [0.29, 0.717) is 22.8 Å². The lowest BCUT2D eigenvalue weighted by Gasteiger charge is -2.25. The normalized spacial score (nSPS) is 18.9. The van der Waals surface area contributed by atoms with Crippen molar-refractivity contribution in [3.8, 4) is 0 Å². The van der Waals surface area contributed by atoms with Gasteiger partial charge in [-0.2, -0.15) is 0 Å². The number of benzene rings is 2. The number of carbonyl (C=O) groups is 2. The number of hydrogen-bond donors (Lipinski definition) is 1. The predicted molar refractivity (Wildman–Crippen MR) is 108 cm³/mol. The fourth-order valence-electron chi connectivity index (χ4n) is 3.24. The van der Waals surface area contributed by atoms with Crippen LogP contribution in [-0.4, -0.2) is 41.0 Å². The van der Waals surface area contributed by atoms with Crippen molar-refractivity contribution in [2.45, 2.75) is 26.0 Å². The van der Waals surface area contributed by atoms with Crippen LogP contribution in [0.1, 0.15) is 31.0 Å². The zero-order valence-electron chi connectivity index (χ0n) is 15.8. The van der Waals surface area contributed by atoms with E-state index in [0.717, 1.165) is 0 Å². The molecule has 1 saturated heterocycles. The van der Waals surface area contributed by atoms with Crippen molar-refractivity contribution in [1.29, 1.82) is 0 Å². The topological polar surface area (TPSA) is 66.8 Å². The third kappa shape index (κ3) is 4.11. The second kappa shape index (κ2) is 8.59. The number of likely N-dealkylation sites (tertiary alicyclic amines) is 1. The molecular formula is C22H22ClNO4. The molecule has 1 aliphatic heterocycles. The minimum absolute atomic E-state index is 0.00937. The van der Waals surface area contributed by atoms with E-state index in [4.69, 9.17) is 16.3 Å². The summed E-state index contributed by atoms with van der Waals surface area (Å²) in [6, 6.07) is 14.9. The van der Waals surface area contributed by atoms with Crippen molar-refractivity contribution in [3.63, 3.8) is 0 Å². The lowest BCUT2D eigenvalue weighted by molar-refractivity contribution is -0.140. The highest BCUT2D eigenvalue weighted by molar-refractivity contribution is 6.46. The Morgan fingerprint density at radius 3 is 2.36 bits per heavy atom. The monoisotopic (exact) mass is 399 g/mol. The van der Waals surface area contributed by atoms with E-state index < -0.39 is 17.7 Å². The van der Waals surface area contributed by atoms with Gasteiger partial charge in [0.1, 0.15) is 5.76 Å². The van der Waals surface area contributed by atoms with E-state index in [-0.39, 0.29) is 24.0 Å². The van der Waals surface area contributed by atoms with Crippen LogP contribution < -0.4 is 0 Å². The molecule has 0 aliphatic carbocycles. The lowest BCUT2D eigenvalue weighted by Crippen LogP contribution is -2.33. The number of hydrogen-bond acceptors (Lipinski definition) is 4. The minimum atomic E-state index is -0.703. The average Bonchev–Trinajstić information content (AvgIpc) is 2.93. The second-order valence-corrected chi connectivity index (χ2v) is 7.27. The molecule has 1 fully saturated rings. The first-order chi connectivity index (χ1) is 13.4. The molecule has 146 valence electrons. The molecule has 0 aromatic heterocycles. The van der Waals surface area contributed by atoms with Gasteiger partial charge in [0.25, 0.3) is 11.7 Å². The highest BCUT2D eigenvalue weighted by atomic mass is 35.5. The van der Waals surface area contributed by atoms with Crippen LogP contribution >= 0.6 is 11.6 Å². The molecule has 1 aliphatic rings. The first-order valence-electron chi connectivity index (χ1n) is 9.11. The van der Waals surface area contributed by atoms with Crippen LogP contribution in [-0.2, 0) is 14.3 Å². The zero-order chi connectivity index (χ0) is 20.3. The molecule has 5 nitrogen and oxygen atoms in total. The summed E-state index contributed by atoms with van der Waals surface area (Å²) in [5, 5.41) is 11.4. The summed E-state index contributed by atoms with van der Waals surface area (Å²) in [4.78, 5) is 27.0. The highest BCUT2D eigenvalue weighted by Gasteiger charge is 2.45. The quantitative estimate of drug-likeness (QED) is 0.449. The molecule has 6 heteroatoms. The van der Waals surface area contributed by atoms with E-state index in [1.807, 2.05) is 19.9 Å². The Bertz CT molecular complexity index is 891. The fraction of sp³-hybridized carbons (Fsp3) is 0.273. The molecule has 0 spiro atoms. The SMILES string of the molecule is CC(C)OCCN1C(=O)C(=O)/C(=C(\O)c2ccccc2)C1c1ccc(Cl)cc1. The van der Waals surface area contributed by atoms with E-state index >= 15 is 0 Å². The number of amides is 1. The van der Waals surface area contributed by atoms with Gasteiger partial charge in [-0.05, 0) is 31.5 Å². The molecular weight excluding hydrogens is 378 g/mol. The van der Waals surface area contributed by atoms with Gasteiger partial charge in [-0.1, -0.05) is 54.1 Å². The van der Waals surface area contributed by atoms with Crippen LogP contribution in [0.5, 0.6) is 0 Å². The van der Waals surface area contributed by atoms with Gasteiger partial charge in [0.05, 0.1) is 24.3 Å². The van der Waals surface area contributed by atoms with Gasteiger partial charge >= 0.3 is 0 Å². The van der Waals surface area contributed by atoms with Crippen molar-refractivity contribution >= 4 is 29.1 Å². The van der Waals surface area contributed by atoms with Crippen LogP contribution in [0.25, 0.3) is 5.76 Å². The van der Waals surface area contributed by atoms with Crippen molar-refractivity contribution in [2.75, 3.05) is 13.2 Å². The van der Waals surface area contributed by atoms with E-state index in [1.165, 1.54) is 4.90 Å². The molecule has 1 amide bonds. The number of nitrogens with zero attached hydrogens (tertiary/aromatic N) is 1. The summed E-state index contributed by atoms with van der Waals surface area (Å²) < 4.78 is 5.57. The molecule has 2 aromatic carbocycles. The maximum absolute atomic E-state index is 12.8. The van der Waals surface area contributed by atoms with Gasteiger partial charge in [-0.3, -0.25) is 9.59 Å². The first kappa shape index (κ1) is 20.1. The minimum Gasteiger partial charge on any atom is -0.507 e. The van der Waals surface area contributed by atoms with Gasteiger partial charge < -0.3 is 14.7 Å². The number of carbonyl (C=O) groups excluding carboxylic acids is 2. The van der Waals surface area contributed by atoms with Crippen LogP contribution in [0.15, 0.2) is 60.2 Å². The van der Waals surface area contributed by atoms with E-state index in [9.17, 15) is 14.7 Å². The summed E-state index contributed by atoms with van der Waals surface area (Å²) in [5.74, 6) is -1.54. The molecule has 28 heavy (non-hydrogen) atoms. The van der Waals surface area contributed by atoms with E-state index in [1.54, 1.807) is 48.5 Å². The van der Waals surface area contributed by atoms with Crippen LogP contribution in [0.2, 0.25) is 5.02 Å². The third-order valence-electron chi connectivity index (χ3n) is 4.56. The average molecular weight is 400 g/mol. The van der Waals surface area contributed by atoms with E-state index in [2.05, 4.69) is 0 Å². The molecule has 1 unspecified atom stereocenters.